The number of hydrogen-bond donors (Lipinski definition) is 3. The molecule has 0 spiro atoms. The predicted molar refractivity (Wildman–Crippen MR) is 169 cm³/mol. The van der Waals surface area contributed by atoms with Crippen LogP contribution in [0.4, 0.5) is 4.79 Å². The molecule has 2 aliphatic rings. The second-order valence-electron chi connectivity index (χ2n) is 11.8. The van der Waals surface area contributed by atoms with Gasteiger partial charge in [-0.05, 0) is 35.1 Å². The van der Waals surface area contributed by atoms with Gasteiger partial charge in [0.05, 0.1) is 18.8 Å². The summed E-state index contributed by atoms with van der Waals surface area (Å²) in [6.45, 7) is 8.83. The SMILES string of the molecule is C=CCN(CC1OC(c2ccc(CNC(=O)NCc3ccccc3)cc2)OC(c2ccc(CO)cc2)C1C)C1CCCC1. The van der Waals surface area contributed by atoms with E-state index in [-0.39, 0.29) is 30.8 Å². The summed E-state index contributed by atoms with van der Waals surface area (Å²) in [7, 11) is 0. The maximum absolute atomic E-state index is 12.3. The lowest BCUT2D eigenvalue weighted by atomic mass is 9.89. The van der Waals surface area contributed by atoms with Gasteiger partial charge in [0.15, 0.2) is 6.29 Å². The van der Waals surface area contributed by atoms with Gasteiger partial charge in [-0.2, -0.15) is 0 Å². The molecule has 1 saturated heterocycles. The molecule has 4 atom stereocenters. The molecule has 3 aromatic carbocycles. The smallest absolute Gasteiger partial charge is 0.315 e. The molecular weight excluding hydrogens is 538 g/mol. The molecule has 5 rings (SSSR count). The molecule has 7 heteroatoms. The number of urea groups is 1. The first kappa shape index (κ1) is 31.0. The summed E-state index contributed by atoms with van der Waals surface area (Å²) in [4.78, 5) is 14.9. The summed E-state index contributed by atoms with van der Waals surface area (Å²) in [6, 6.07) is 26.3. The zero-order valence-electron chi connectivity index (χ0n) is 25.2. The van der Waals surface area contributed by atoms with Crippen LogP contribution in [-0.4, -0.2) is 41.3 Å². The van der Waals surface area contributed by atoms with Crippen molar-refractivity contribution in [1.29, 1.82) is 0 Å². The number of amides is 2. The van der Waals surface area contributed by atoms with E-state index in [2.05, 4.69) is 41.2 Å². The summed E-state index contributed by atoms with van der Waals surface area (Å²) in [5, 5.41) is 15.4. The van der Waals surface area contributed by atoms with Crippen LogP contribution in [0.2, 0.25) is 0 Å². The Morgan fingerprint density at radius 2 is 1.49 bits per heavy atom. The molecule has 1 aliphatic heterocycles. The van der Waals surface area contributed by atoms with Crippen molar-refractivity contribution in [2.75, 3.05) is 13.1 Å². The van der Waals surface area contributed by atoms with Crippen LogP contribution in [0.5, 0.6) is 0 Å². The van der Waals surface area contributed by atoms with E-state index in [0.29, 0.717) is 19.1 Å². The lowest BCUT2D eigenvalue weighted by molar-refractivity contribution is -0.276. The number of nitrogens with one attached hydrogen (secondary N) is 2. The zero-order chi connectivity index (χ0) is 30.0. The lowest BCUT2D eigenvalue weighted by Crippen LogP contribution is -2.47. The molecule has 0 radical (unpaired) electrons. The molecule has 2 fully saturated rings. The van der Waals surface area contributed by atoms with E-state index in [4.69, 9.17) is 9.47 Å². The number of rotatable bonds is 12. The highest BCUT2D eigenvalue weighted by molar-refractivity contribution is 5.73. The molecule has 3 N–H and O–H groups in total. The highest BCUT2D eigenvalue weighted by Crippen LogP contribution is 2.42. The number of aliphatic hydroxyl groups excluding tert-OH is 1. The minimum Gasteiger partial charge on any atom is -0.392 e. The Hall–Kier alpha value is -3.49. The molecule has 1 aliphatic carbocycles. The van der Waals surface area contributed by atoms with Crippen LogP contribution in [0.3, 0.4) is 0 Å². The van der Waals surface area contributed by atoms with Crippen molar-refractivity contribution in [3.8, 4) is 0 Å². The fourth-order valence-electron chi connectivity index (χ4n) is 6.18. The second-order valence-corrected chi connectivity index (χ2v) is 11.8. The molecule has 43 heavy (non-hydrogen) atoms. The van der Waals surface area contributed by atoms with E-state index in [1.807, 2.05) is 72.8 Å². The van der Waals surface area contributed by atoms with Gasteiger partial charge in [-0.25, -0.2) is 4.79 Å². The number of ether oxygens (including phenoxy) is 2. The normalized spacial score (nSPS) is 22.4. The first-order valence-electron chi connectivity index (χ1n) is 15.5. The van der Waals surface area contributed by atoms with E-state index < -0.39 is 6.29 Å². The third-order valence-corrected chi connectivity index (χ3v) is 8.74. The maximum atomic E-state index is 12.3. The Bertz CT molecular complexity index is 1290. The van der Waals surface area contributed by atoms with Gasteiger partial charge in [0.1, 0.15) is 0 Å². The van der Waals surface area contributed by atoms with Crippen molar-refractivity contribution >= 4 is 6.03 Å². The number of carbonyl (C=O) groups is 1. The molecule has 2 amide bonds. The predicted octanol–water partition coefficient (Wildman–Crippen LogP) is 6.40. The van der Waals surface area contributed by atoms with Gasteiger partial charge in [-0.1, -0.05) is 105 Å². The lowest BCUT2D eigenvalue weighted by Gasteiger charge is -2.43. The quantitative estimate of drug-likeness (QED) is 0.215. The summed E-state index contributed by atoms with van der Waals surface area (Å²) in [6.07, 6.45) is 6.30. The van der Waals surface area contributed by atoms with Gasteiger partial charge < -0.3 is 25.2 Å². The van der Waals surface area contributed by atoms with Crippen LogP contribution in [0.1, 0.15) is 72.8 Å². The topological polar surface area (TPSA) is 83.1 Å². The molecule has 1 heterocycles. The van der Waals surface area contributed by atoms with Crippen LogP contribution in [0.15, 0.2) is 91.5 Å². The maximum Gasteiger partial charge on any atom is 0.315 e. The van der Waals surface area contributed by atoms with Crippen molar-refractivity contribution in [3.63, 3.8) is 0 Å². The monoisotopic (exact) mass is 583 g/mol. The summed E-state index contributed by atoms with van der Waals surface area (Å²) < 4.78 is 13.4. The fourth-order valence-corrected chi connectivity index (χ4v) is 6.18. The fraction of sp³-hybridized carbons (Fsp3) is 0.417. The van der Waals surface area contributed by atoms with Gasteiger partial charge in [0.25, 0.3) is 0 Å². The zero-order valence-corrected chi connectivity index (χ0v) is 25.2. The number of nitrogens with zero attached hydrogens (tertiary/aromatic N) is 1. The van der Waals surface area contributed by atoms with Gasteiger partial charge in [-0.15, -0.1) is 6.58 Å². The third kappa shape index (κ3) is 8.33. The van der Waals surface area contributed by atoms with Crippen molar-refractivity contribution in [2.24, 2.45) is 5.92 Å². The highest BCUT2D eigenvalue weighted by atomic mass is 16.7. The Morgan fingerprint density at radius 1 is 0.884 bits per heavy atom. The third-order valence-electron chi connectivity index (χ3n) is 8.74. The van der Waals surface area contributed by atoms with Crippen LogP contribution < -0.4 is 10.6 Å². The molecule has 3 aromatic rings. The summed E-state index contributed by atoms with van der Waals surface area (Å²) >= 11 is 0. The minimum absolute atomic E-state index is 0.0174. The summed E-state index contributed by atoms with van der Waals surface area (Å²) in [5.74, 6) is 0.128. The minimum atomic E-state index is -0.519. The molecule has 7 nitrogen and oxygen atoms in total. The molecule has 4 unspecified atom stereocenters. The summed E-state index contributed by atoms with van der Waals surface area (Å²) in [5.41, 5.74) is 4.96. The van der Waals surface area contributed by atoms with Crippen LogP contribution in [0.25, 0.3) is 0 Å². The number of benzene rings is 3. The Kier molecular flexibility index (Phi) is 11.0. The van der Waals surface area contributed by atoms with Crippen LogP contribution in [0, 0.1) is 5.92 Å². The van der Waals surface area contributed by atoms with Crippen LogP contribution >= 0.6 is 0 Å². The van der Waals surface area contributed by atoms with E-state index in [1.54, 1.807) is 0 Å². The highest BCUT2D eigenvalue weighted by Gasteiger charge is 2.40. The van der Waals surface area contributed by atoms with Crippen LogP contribution in [-0.2, 0) is 29.2 Å². The number of carbonyl (C=O) groups excluding carboxylic acids is 1. The first-order valence-corrected chi connectivity index (χ1v) is 15.5. The molecule has 228 valence electrons. The number of aliphatic hydroxyl groups is 1. The molecule has 1 saturated carbocycles. The van der Waals surface area contributed by atoms with E-state index in [9.17, 15) is 9.90 Å². The van der Waals surface area contributed by atoms with Gasteiger partial charge in [-0.3, -0.25) is 4.90 Å². The van der Waals surface area contributed by atoms with E-state index in [0.717, 1.165) is 40.9 Å². The van der Waals surface area contributed by atoms with Crippen molar-refractivity contribution < 1.29 is 19.4 Å². The van der Waals surface area contributed by atoms with Gasteiger partial charge in [0, 0.05) is 43.7 Å². The second kappa shape index (κ2) is 15.3. The van der Waals surface area contributed by atoms with E-state index >= 15 is 0 Å². The average molecular weight is 584 g/mol. The molecular formula is C36H45N3O4. The average Bonchev–Trinajstić information content (AvgIpc) is 3.59. The number of hydrogen-bond acceptors (Lipinski definition) is 5. The standard InChI is InChI=1S/C36H45N3O4/c1-3-21-39(32-11-7-8-12-32)24-33-26(2)34(30-17-15-29(25-40)16-18-30)43-35(42-33)31-19-13-28(14-20-31)23-38-36(41)37-22-27-9-5-4-6-10-27/h3-6,9-10,13-20,26,32-35,40H,1,7-8,11-12,21-25H2,2H3,(H2,37,38,41). The van der Waals surface area contributed by atoms with Crippen molar-refractivity contribution in [3.05, 3.63) is 119 Å². The van der Waals surface area contributed by atoms with Gasteiger partial charge >= 0.3 is 6.03 Å². The Labute approximate surface area is 255 Å². The Balaban J connectivity index is 1.27. The van der Waals surface area contributed by atoms with E-state index in [1.165, 1.54) is 25.7 Å². The van der Waals surface area contributed by atoms with Crippen molar-refractivity contribution in [1.82, 2.24) is 15.5 Å². The van der Waals surface area contributed by atoms with Gasteiger partial charge in [0.2, 0.25) is 0 Å². The largest absolute Gasteiger partial charge is 0.392 e. The molecule has 0 bridgehead atoms. The first-order chi connectivity index (χ1) is 21.0. The molecule has 0 aromatic heterocycles. The Morgan fingerprint density at radius 3 is 2.12 bits per heavy atom. The van der Waals surface area contributed by atoms with Crippen molar-refractivity contribution in [2.45, 2.75) is 76.8 Å².